The maximum absolute atomic E-state index is 10.6. The smallest absolute Gasteiger partial charge is 0.329 e. The van der Waals surface area contributed by atoms with E-state index >= 15 is 0 Å². The lowest BCUT2D eigenvalue weighted by Gasteiger charge is -2.07. The summed E-state index contributed by atoms with van der Waals surface area (Å²) in [5.74, 6) is -3.67. The number of nitrogens with one attached hydrogen (secondary N) is 2. The van der Waals surface area contributed by atoms with Gasteiger partial charge in [-0.3, -0.25) is 14.6 Å². The highest BCUT2D eigenvalue weighted by atomic mass is 16.4. The normalized spacial score (nSPS) is 13.8. The molecule has 0 rings (SSSR count). The fourth-order valence-electron chi connectivity index (χ4n) is 1.15. The zero-order chi connectivity index (χ0) is 15.5. The van der Waals surface area contributed by atoms with Gasteiger partial charge in [-0.15, -0.1) is 0 Å². The van der Waals surface area contributed by atoms with Crippen LogP contribution in [0.4, 0.5) is 0 Å². The van der Waals surface area contributed by atoms with E-state index in [1.165, 1.54) is 0 Å². The maximum atomic E-state index is 10.6. The number of aliphatic carboxylic acids is 3. The van der Waals surface area contributed by atoms with E-state index in [4.69, 9.17) is 21.1 Å². The second-order valence-corrected chi connectivity index (χ2v) is 3.89. The molecule has 0 heterocycles. The highest BCUT2D eigenvalue weighted by Gasteiger charge is 2.18. The fourth-order valence-corrected chi connectivity index (χ4v) is 1.15. The Morgan fingerprint density at radius 2 is 1.85 bits per heavy atom. The Morgan fingerprint density at radius 3 is 2.35 bits per heavy atom. The summed E-state index contributed by atoms with van der Waals surface area (Å²) in [6.07, 6.45) is 1.21. The Kier molecular flexibility index (Phi) is 8.63. The molecule has 7 N–H and O–H groups in total. The molecular formula is C10H18N4O6. The van der Waals surface area contributed by atoms with Gasteiger partial charge in [-0.1, -0.05) is 0 Å². The summed E-state index contributed by atoms with van der Waals surface area (Å²) in [6.45, 7) is 0.393. The molecule has 0 saturated heterocycles. The van der Waals surface area contributed by atoms with Crippen LogP contribution in [-0.2, 0) is 14.4 Å². The second kappa shape index (κ2) is 9.69. The molecule has 20 heavy (non-hydrogen) atoms. The Labute approximate surface area is 114 Å². The van der Waals surface area contributed by atoms with Crippen LogP contribution in [0.2, 0.25) is 0 Å². The van der Waals surface area contributed by atoms with Gasteiger partial charge >= 0.3 is 17.9 Å². The molecule has 0 aliphatic heterocycles. The van der Waals surface area contributed by atoms with Crippen LogP contribution in [-0.4, -0.2) is 58.2 Å². The average molecular weight is 290 g/mol. The number of hydrazine groups is 1. The molecule has 10 heteroatoms. The van der Waals surface area contributed by atoms with Crippen LogP contribution in [0.5, 0.6) is 0 Å². The molecule has 0 bridgehead atoms. The van der Waals surface area contributed by atoms with Crippen molar-refractivity contribution < 1.29 is 29.7 Å². The lowest BCUT2D eigenvalue weighted by atomic mass is 10.2. The summed E-state index contributed by atoms with van der Waals surface area (Å²) < 4.78 is 0. The number of aliphatic imine (C=N–C) groups is 1. The molecule has 114 valence electrons. The van der Waals surface area contributed by atoms with Crippen molar-refractivity contribution in [3.05, 3.63) is 0 Å². The van der Waals surface area contributed by atoms with Gasteiger partial charge < -0.3 is 26.5 Å². The minimum absolute atomic E-state index is 0.290. The summed E-state index contributed by atoms with van der Waals surface area (Å²) in [5, 5.41) is 25.7. The number of nitrogens with two attached hydrogens (primary N) is 1. The molecule has 0 aromatic heterocycles. The standard InChI is InChI=1S/C10H18N4O6/c11-6(9(17)18)2-1-3-13-14-5-12-7(10(19)20)4-8(15)16/h5-7,13H,1-4,11H2,(H,12,14)(H,15,16)(H,17,18)(H,19,20)/t6?,7-/m0/s1. The summed E-state index contributed by atoms with van der Waals surface area (Å²) in [6, 6.07) is -2.28. The first-order valence-corrected chi connectivity index (χ1v) is 5.77. The average Bonchev–Trinajstić information content (AvgIpc) is 2.34. The van der Waals surface area contributed by atoms with Crippen LogP contribution in [0, 0.1) is 0 Å². The zero-order valence-corrected chi connectivity index (χ0v) is 10.7. The first kappa shape index (κ1) is 17.8. The van der Waals surface area contributed by atoms with Crippen LogP contribution < -0.4 is 16.6 Å². The van der Waals surface area contributed by atoms with E-state index in [9.17, 15) is 14.4 Å². The van der Waals surface area contributed by atoms with Crippen molar-refractivity contribution in [2.45, 2.75) is 31.3 Å². The van der Waals surface area contributed by atoms with Crippen LogP contribution in [0.15, 0.2) is 4.99 Å². The van der Waals surface area contributed by atoms with E-state index in [1.54, 1.807) is 0 Å². The summed E-state index contributed by atoms with van der Waals surface area (Å²) in [7, 11) is 0. The quantitative estimate of drug-likeness (QED) is 0.111. The first-order chi connectivity index (χ1) is 9.34. The number of rotatable bonds is 11. The predicted octanol–water partition coefficient (Wildman–Crippen LogP) is -1.77. The molecule has 0 spiro atoms. The topological polar surface area (TPSA) is 174 Å². The second-order valence-electron chi connectivity index (χ2n) is 3.89. The molecule has 0 aliphatic rings. The molecule has 0 aromatic rings. The maximum Gasteiger partial charge on any atom is 0.329 e. The van der Waals surface area contributed by atoms with Crippen LogP contribution in [0.3, 0.4) is 0 Å². The fraction of sp³-hybridized carbons (Fsp3) is 0.600. The number of carboxylic acid groups (broad SMARTS) is 3. The van der Waals surface area contributed by atoms with Crippen molar-refractivity contribution >= 4 is 24.2 Å². The lowest BCUT2D eigenvalue weighted by Crippen LogP contribution is -2.35. The number of nitrogens with zero attached hydrogens (tertiary/aromatic N) is 1. The van der Waals surface area contributed by atoms with E-state index in [-0.39, 0.29) is 6.42 Å². The molecule has 2 atom stereocenters. The van der Waals surface area contributed by atoms with E-state index < -0.39 is 36.4 Å². The van der Waals surface area contributed by atoms with E-state index in [2.05, 4.69) is 15.8 Å². The van der Waals surface area contributed by atoms with Crippen molar-refractivity contribution in [3.63, 3.8) is 0 Å². The molecule has 10 nitrogen and oxygen atoms in total. The Bertz CT molecular complexity index is 373. The van der Waals surface area contributed by atoms with Gasteiger partial charge in [0.05, 0.1) is 12.8 Å². The Hall–Kier alpha value is -2.20. The molecule has 1 unspecified atom stereocenters. The molecule has 0 amide bonds. The third-order valence-electron chi connectivity index (χ3n) is 2.21. The van der Waals surface area contributed by atoms with E-state index in [0.29, 0.717) is 13.0 Å². The van der Waals surface area contributed by atoms with Gasteiger partial charge in [-0.2, -0.15) is 0 Å². The van der Waals surface area contributed by atoms with Gasteiger partial charge in [0.1, 0.15) is 6.04 Å². The highest BCUT2D eigenvalue weighted by Crippen LogP contribution is 1.97. The number of hydrogen-bond acceptors (Lipinski definition) is 6. The third-order valence-corrected chi connectivity index (χ3v) is 2.21. The molecule has 0 saturated carbocycles. The monoisotopic (exact) mass is 290 g/mol. The Balaban J connectivity index is 3.81. The number of carboxylic acids is 3. The molecule has 0 radical (unpaired) electrons. The van der Waals surface area contributed by atoms with Crippen molar-refractivity contribution in [1.29, 1.82) is 0 Å². The Morgan fingerprint density at radius 1 is 1.20 bits per heavy atom. The van der Waals surface area contributed by atoms with Crippen LogP contribution in [0.1, 0.15) is 19.3 Å². The molecule has 0 aromatic carbocycles. The minimum atomic E-state index is -1.36. The van der Waals surface area contributed by atoms with Gasteiger partial charge in [0, 0.05) is 6.54 Å². The largest absolute Gasteiger partial charge is 0.481 e. The van der Waals surface area contributed by atoms with E-state index in [0.717, 1.165) is 6.34 Å². The van der Waals surface area contributed by atoms with Gasteiger partial charge in [0.25, 0.3) is 0 Å². The van der Waals surface area contributed by atoms with Crippen molar-refractivity contribution in [3.8, 4) is 0 Å². The molecule has 0 fully saturated rings. The molecular weight excluding hydrogens is 272 g/mol. The van der Waals surface area contributed by atoms with Gasteiger partial charge in [-0.25, -0.2) is 10.2 Å². The van der Waals surface area contributed by atoms with E-state index in [1.807, 2.05) is 0 Å². The summed E-state index contributed by atoms with van der Waals surface area (Å²) in [4.78, 5) is 35.0. The van der Waals surface area contributed by atoms with Gasteiger partial charge in [0.2, 0.25) is 0 Å². The number of carbonyl (C=O) groups is 3. The highest BCUT2D eigenvalue weighted by molar-refractivity contribution is 5.82. The molecule has 0 aliphatic carbocycles. The third kappa shape index (κ3) is 8.83. The summed E-state index contributed by atoms with van der Waals surface area (Å²) >= 11 is 0. The van der Waals surface area contributed by atoms with Crippen LogP contribution >= 0.6 is 0 Å². The van der Waals surface area contributed by atoms with Gasteiger partial charge in [0.15, 0.2) is 6.04 Å². The summed E-state index contributed by atoms with van der Waals surface area (Å²) in [5.41, 5.74) is 10.4. The zero-order valence-electron chi connectivity index (χ0n) is 10.7. The van der Waals surface area contributed by atoms with Crippen LogP contribution in [0.25, 0.3) is 0 Å². The van der Waals surface area contributed by atoms with Crippen molar-refractivity contribution in [2.75, 3.05) is 6.54 Å². The van der Waals surface area contributed by atoms with Crippen molar-refractivity contribution in [2.24, 2.45) is 10.7 Å². The van der Waals surface area contributed by atoms with Crippen molar-refractivity contribution in [1.82, 2.24) is 10.9 Å². The number of hydrogen-bond donors (Lipinski definition) is 6. The lowest BCUT2D eigenvalue weighted by molar-refractivity contribution is -0.144. The predicted molar refractivity (Wildman–Crippen MR) is 68.2 cm³/mol. The first-order valence-electron chi connectivity index (χ1n) is 5.77. The van der Waals surface area contributed by atoms with Gasteiger partial charge in [-0.05, 0) is 12.8 Å². The minimum Gasteiger partial charge on any atom is -0.481 e. The SMILES string of the molecule is NC(CCCNNC=N[C@@H](CC(=O)O)C(=O)O)C(=O)O.